The number of hydrogen-bond acceptors (Lipinski definition) is 5. The van der Waals surface area contributed by atoms with Crippen molar-refractivity contribution in [2.75, 3.05) is 19.7 Å². The van der Waals surface area contributed by atoms with E-state index in [1.165, 1.54) is 11.1 Å². The quantitative estimate of drug-likeness (QED) is 0.657. The highest BCUT2D eigenvalue weighted by Crippen LogP contribution is 2.09. The van der Waals surface area contributed by atoms with Crippen molar-refractivity contribution in [1.82, 2.24) is 19.9 Å². The maximum Gasteiger partial charge on any atom is 0.264 e. The third kappa shape index (κ3) is 4.77. The number of aromatic nitrogens is 3. The molecule has 142 valence electrons. The Labute approximate surface area is 162 Å². The second kappa shape index (κ2) is 9.38. The van der Waals surface area contributed by atoms with E-state index in [9.17, 15) is 14.7 Å². The molecule has 2 N–H and O–H groups in total. The number of nitrogens with one attached hydrogen (secondary N) is 1. The summed E-state index contributed by atoms with van der Waals surface area (Å²) >= 11 is 0. The van der Waals surface area contributed by atoms with Crippen molar-refractivity contribution in [2.45, 2.75) is 0 Å². The summed E-state index contributed by atoms with van der Waals surface area (Å²) in [6, 6.07) is 14.9. The molecule has 2 heterocycles. The molecule has 0 bridgehead atoms. The van der Waals surface area contributed by atoms with Crippen LogP contribution in [0.5, 0.6) is 0 Å². The molecule has 0 aliphatic heterocycles. The fraction of sp³-hybridized carbons (Fsp3) is 0.143. The zero-order valence-corrected chi connectivity index (χ0v) is 15.2. The monoisotopic (exact) mass is 376 g/mol. The molecule has 0 aliphatic rings. The van der Waals surface area contributed by atoms with E-state index >= 15 is 0 Å². The van der Waals surface area contributed by atoms with E-state index in [0.29, 0.717) is 11.5 Å². The maximum absolute atomic E-state index is 12.8. The Hall–Kier alpha value is -3.58. The number of H-pyrrole nitrogens is 1. The highest BCUT2D eigenvalue weighted by molar-refractivity contribution is 5.93. The summed E-state index contributed by atoms with van der Waals surface area (Å²) in [6.45, 7) is 0.164. The molecule has 0 unspecified atom stereocenters. The first-order valence-electron chi connectivity index (χ1n) is 8.81. The zero-order chi connectivity index (χ0) is 19.8. The van der Waals surface area contributed by atoms with E-state index in [2.05, 4.69) is 15.0 Å². The van der Waals surface area contributed by atoms with Crippen molar-refractivity contribution in [3.05, 3.63) is 88.5 Å². The fourth-order valence-electron chi connectivity index (χ4n) is 2.63. The molecule has 0 saturated heterocycles. The SMILES string of the molecule is O=C(c1cnc(-c2ccccn2)[nH]c1=O)N(C/C=C/c1ccccc1)CCO. The smallest absolute Gasteiger partial charge is 0.264 e. The number of aliphatic hydroxyl groups excluding tert-OH is 1. The minimum atomic E-state index is -0.546. The Morgan fingerprint density at radius 1 is 1.11 bits per heavy atom. The Morgan fingerprint density at radius 3 is 2.57 bits per heavy atom. The second-order valence-corrected chi connectivity index (χ2v) is 5.98. The van der Waals surface area contributed by atoms with E-state index < -0.39 is 11.5 Å². The first-order chi connectivity index (χ1) is 13.7. The van der Waals surface area contributed by atoms with Crippen molar-refractivity contribution in [3.8, 4) is 11.5 Å². The van der Waals surface area contributed by atoms with E-state index in [4.69, 9.17) is 0 Å². The minimum absolute atomic E-state index is 0.0822. The Balaban J connectivity index is 1.77. The molecule has 7 heteroatoms. The molecule has 0 aliphatic carbocycles. The van der Waals surface area contributed by atoms with Crippen LogP contribution < -0.4 is 5.56 Å². The largest absolute Gasteiger partial charge is 0.395 e. The standard InChI is InChI=1S/C21H20N4O3/c26-14-13-25(12-6-9-16-7-2-1-3-8-16)21(28)17-15-23-19(24-20(17)27)18-10-4-5-11-22-18/h1-11,15,26H,12-14H2,(H,23,24,27)/b9-6+. The van der Waals surface area contributed by atoms with Crippen LogP contribution in [0.2, 0.25) is 0 Å². The van der Waals surface area contributed by atoms with Crippen LogP contribution in [-0.2, 0) is 0 Å². The average molecular weight is 376 g/mol. The number of rotatable bonds is 7. The lowest BCUT2D eigenvalue weighted by molar-refractivity contribution is 0.0741. The first-order valence-corrected chi connectivity index (χ1v) is 8.81. The minimum Gasteiger partial charge on any atom is -0.395 e. The number of hydrogen-bond donors (Lipinski definition) is 2. The molecule has 0 fully saturated rings. The van der Waals surface area contributed by atoms with Gasteiger partial charge in [0.15, 0.2) is 5.82 Å². The summed E-state index contributed by atoms with van der Waals surface area (Å²) in [4.78, 5) is 37.4. The van der Waals surface area contributed by atoms with Gasteiger partial charge in [0.25, 0.3) is 11.5 Å². The summed E-state index contributed by atoms with van der Waals surface area (Å²) in [5.74, 6) is -0.201. The van der Waals surface area contributed by atoms with E-state index in [-0.39, 0.29) is 25.3 Å². The molecule has 7 nitrogen and oxygen atoms in total. The Morgan fingerprint density at radius 2 is 1.89 bits per heavy atom. The van der Waals surface area contributed by atoms with Crippen LogP contribution in [0.15, 0.2) is 71.8 Å². The highest BCUT2D eigenvalue weighted by atomic mass is 16.3. The van der Waals surface area contributed by atoms with Gasteiger partial charge >= 0.3 is 0 Å². The van der Waals surface area contributed by atoms with Crippen LogP contribution in [0, 0.1) is 0 Å². The zero-order valence-electron chi connectivity index (χ0n) is 15.2. The molecule has 1 aromatic carbocycles. The average Bonchev–Trinajstić information content (AvgIpc) is 2.74. The number of carbonyl (C=O) groups is 1. The van der Waals surface area contributed by atoms with Crippen molar-refractivity contribution in [1.29, 1.82) is 0 Å². The topological polar surface area (TPSA) is 99.2 Å². The maximum atomic E-state index is 12.8. The predicted molar refractivity (Wildman–Crippen MR) is 107 cm³/mol. The van der Waals surface area contributed by atoms with Gasteiger partial charge in [-0.1, -0.05) is 48.6 Å². The van der Waals surface area contributed by atoms with Gasteiger partial charge in [0.2, 0.25) is 0 Å². The number of benzene rings is 1. The van der Waals surface area contributed by atoms with Gasteiger partial charge in [0, 0.05) is 25.5 Å². The third-order valence-electron chi connectivity index (χ3n) is 4.03. The lowest BCUT2D eigenvalue weighted by Crippen LogP contribution is -2.37. The van der Waals surface area contributed by atoms with Crippen LogP contribution in [0.3, 0.4) is 0 Å². The second-order valence-electron chi connectivity index (χ2n) is 5.98. The first kappa shape index (κ1) is 19.2. The van der Waals surface area contributed by atoms with Gasteiger partial charge in [-0.15, -0.1) is 0 Å². The van der Waals surface area contributed by atoms with E-state index in [1.807, 2.05) is 42.5 Å². The summed E-state index contributed by atoms with van der Waals surface area (Å²) < 4.78 is 0. The van der Waals surface area contributed by atoms with Gasteiger partial charge in [-0.25, -0.2) is 4.98 Å². The highest BCUT2D eigenvalue weighted by Gasteiger charge is 2.19. The van der Waals surface area contributed by atoms with Crippen molar-refractivity contribution < 1.29 is 9.90 Å². The number of carbonyl (C=O) groups excluding carboxylic acids is 1. The summed E-state index contributed by atoms with van der Waals surface area (Å²) in [7, 11) is 0. The van der Waals surface area contributed by atoms with Gasteiger partial charge in [-0.2, -0.15) is 0 Å². The predicted octanol–water partition coefficient (Wildman–Crippen LogP) is 1.98. The Kier molecular flexibility index (Phi) is 6.43. The molecule has 0 radical (unpaired) electrons. The number of amides is 1. The van der Waals surface area contributed by atoms with Gasteiger partial charge in [0.05, 0.1) is 6.61 Å². The summed E-state index contributed by atoms with van der Waals surface area (Å²) in [5.41, 5.74) is 0.881. The van der Waals surface area contributed by atoms with Gasteiger partial charge in [-0.05, 0) is 17.7 Å². The van der Waals surface area contributed by atoms with Crippen LogP contribution in [0.25, 0.3) is 17.6 Å². The fourth-order valence-corrected chi connectivity index (χ4v) is 2.63. The van der Waals surface area contributed by atoms with Crippen molar-refractivity contribution in [3.63, 3.8) is 0 Å². The van der Waals surface area contributed by atoms with Crippen LogP contribution in [-0.4, -0.2) is 50.6 Å². The van der Waals surface area contributed by atoms with Gasteiger partial charge in [-0.3, -0.25) is 14.6 Å². The molecule has 0 spiro atoms. The third-order valence-corrected chi connectivity index (χ3v) is 4.03. The van der Waals surface area contributed by atoms with Gasteiger partial charge < -0.3 is 15.0 Å². The molecule has 3 aromatic rings. The molecule has 3 rings (SSSR count). The van der Waals surface area contributed by atoms with Crippen molar-refractivity contribution in [2.24, 2.45) is 0 Å². The molecular formula is C21H20N4O3. The Bertz CT molecular complexity index is 1000. The molecular weight excluding hydrogens is 356 g/mol. The molecule has 2 aromatic heterocycles. The van der Waals surface area contributed by atoms with Crippen molar-refractivity contribution >= 4 is 12.0 Å². The molecule has 0 saturated carbocycles. The number of nitrogens with zero attached hydrogens (tertiary/aromatic N) is 3. The van der Waals surface area contributed by atoms with Crippen LogP contribution >= 0.6 is 0 Å². The van der Waals surface area contributed by atoms with Gasteiger partial charge in [0.1, 0.15) is 11.3 Å². The van der Waals surface area contributed by atoms with E-state index in [0.717, 1.165) is 5.56 Å². The number of pyridine rings is 1. The van der Waals surface area contributed by atoms with Crippen LogP contribution in [0.1, 0.15) is 15.9 Å². The molecule has 28 heavy (non-hydrogen) atoms. The summed E-state index contributed by atoms with van der Waals surface area (Å²) in [6.07, 6.45) is 6.53. The normalized spacial score (nSPS) is 10.9. The molecule has 0 atom stereocenters. The van der Waals surface area contributed by atoms with Crippen LogP contribution in [0.4, 0.5) is 0 Å². The number of aromatic amines is 1. The summed E-state index contributed by atoms with van der Waals surface area (Å²) in [5, 5.41) is 9.28. The lowest BCUT2D eigenvalue weighted by atomic mass is 10.2. The number of aliphatic hydroxyl groups is 1. The molecule has 1 amide bonds. The van der Waals surface area contributed by atoms with E-state index in [1.54, 1.807) is 24.4 Å². The lowest BCUT2D eigenvalue weighted by Gasteiger charge is -2.19.